The lowest BCUT2D eigenvalue weighted by atomic mass is 10.0. The van der Waals surface area contributed by atoms with E-state index < -0.39 is 0 Å². The minimum atomic E-state index is -0.198. The molecule has 0 aliphatic carbocycles. The van der Waals surface area contributed by atoms with Gasteiger partial charge in [-0.2, -0.15) is 0 Å². The molecule has 1 aliphatic rings. The molecule has 0 bridgehead atoms. The lowest BCUT2D eigenvalue weighted by Crippen LogP contribution is -2.11. The Bertz CT molecular complexity index is 604. The number of aromatic amines is 1. The van der Waals surface area contributed by atoms with E-state index in [-0.39, 0.29) is 5.56 Å². The molecule has 0 saturated heterocycles. The van der Waals surface area contributed by atoms with Crippen molar-refractivity contribution in [2.75, 3.05) is 6.61 Å². The molecule has 4 heteroatoms. The minimum Gasteiger partial charge on any atom is -0.493 e. The number of nitrogens with zero attached hydrogens (tertiary/aromatic N) is 1. The summed E-state index contributed by atoms with van der Waals surface area (Å²) in [5.74, 6) is 0.877. The summed E-state index contributed by atoms with van der Waals surface area (Å²) >= 11 is 0. The molecule has 86 valence electrons. The number of H-pyrrole nitrogens is 1. The summed E-state index contributed by atoms with van der Waals surface area (Å²) in [6, 6.07) is 5.98. The van der Waals surface area contributed by atoms with Gasteiger partial charge in [0, 0.05) is 5.56 Å². The van der Waals surface area contributed by atoms with Crippen LogP contribution in [0.3, 0.4) is 0 Å². The molecule has 0 saturated carbocycles. The fourth-order valence-electron chi connectivity index (χ4n) is 2.11. The zero-order valence-electron chi connectivity index (χ0n) is 9.27. The maximum atomic E-state index is 11.3. The van der Waals surface area contributed by atoms with Crippen LogP contribution in [0.15, 0.2) is 35.4 Å². The van der Waals surface area contributed by atoms with Crippen molar-refractivity contribution >= 4 is 0 Å². The van der Waals surface area contributed by atoms with Crippen molar-refractivity contribution in [3.8, 4) is 17.0 Å². The van der Waals surface area contributed by atoms with Crippen molar-refractivity contribution in [2.45, 2.75) is 12.8 Å². The predicted octanol–water partition coefficient (Wildman–Crippen LogP) is 1.76. The second-order valence-electron chi connectivity index (χ2n) is 4.06. The first-order valence-corrected chi connectivity index (χ1v) is 5.64. The van der Waals surface area contributed by atoms with Crippen LogP contribution in [-0.2, 0) is 6.42 Å². The molecule has 2 aromatic rings. The van der Waals surface area contributed by atoms with Crippen LogP contribution in [-0.4, -0.2) is 16.6 Å². The van der Waals surface area contributed by atoms with E-state index in [0.29, 0.717) is 5.69 Å². The first-order valence-electron chi connectivity index (χ1n) is 5.64. The van der Waals surface area contributed by atoms with Crippen LogP contribution in [0, 0.1) is 0 Å². The fourth-order valence-corrected chi connectivity index (χ4v) is 2.11. The maximum Gasteiger partial charge on any atom is 0.266 e. The van der Waals surface area contributed by atoms with Gasteiger partial charge in [0.15, 0.2) is 0 Å². The first-order chi connectivity index (χ1) is 8.34. The summed E-state index contributed by atoms with van der Waals surface area (Å²) in [4.78, 5) is 18.0. The van der Waals surface area contributed by atoms with E-state index in [9.17, 15) is 4.79 Å². The molecule has 2 heterocycles. The van der Waals surface area contributed by atoms with E-state index in [2.05, 4.69) is 16.0 Å². The molecule has 1 aromatic carbocycles. The summed E-state index contributed by atoms with van der Waals surface area (Å²) in [5.41, 5.74) is 2.61. The average molecular weight is 228 g/mol. The van der Waals surface area contributed by atoms with Crippen molar-refractivity contribution in [2.24, 2.45) is 0 Å². The molecule has 1 N–H and O–H groups in total. The Kier molecular flexibility index (Phi) is 2.40. The van der Waals surface area contributed by atoms with Crippen molar-refractivity contribution in [3.05, 3.63) is 46.5 Å². The van der Waals surface area contributed by atoms with Crippen molar-refractivity contribution in [1.82, 2.24) is 9.97 Å². The van der Waals surface area contributed by atoms with Gasteiger partial charge in [0.25, 0.3) is 5.56 Å². The van der Waals surface area contributed by atoms with Crippen LogP contribution >= 0.6 is 0 Å². The molecule has 0 fully saturated rings. The van der Waals surface area contributed by atoms with E-state index in [0.717, 1.165) is 30.8 Å². The molecule has 4 nitrogen and oxygen atoms in total. The molecule has 3 rings (SSSR count). The molecular weight excluding hydrogens is 216 g/mol. The van der Waals surface area contributed by atoms with E-state index in [4.69, 9.17) is 4.74 Å². The molecule has 0 radical (unpaired) electrons. The zero-order chi connectivity index (χ0) is 11.7. The maximum absolute atomic E-state index is 11.3. The highest BCUT2D eigenvalue weighted by atomic mass is 16.5. The monoisotopic (exact) mass is 228 g/mol. The average Bonchev–Trinajstić information content (AvgIpc) is 2.38. The topological polar surface area (TPSA) is 55.0 Å². The summed E-state index contributed by atoms with van der Waals surface area (Å²) < 4.78 is 5.70. The predicted molar refractivity (Wildman–Crippen MR) is 64.1 cm³/mol. The molecule has 0 unspecified atom stereocenters. The van der Waals surface area contributed by atoms with Crippen LogP contribution in [0.5, 0.6) is 5.75 Å². The Morgan fingerprint density at radius 3 is 3.12 bits per heavy atom. The number of hydrogen-bond acceptors (Lipinski definition) is 3. The highest BCUT2D eigenvalue weighted by molar-refractivity contribution is 5.68. The summed E-state index contributed by atoms with van der Waals surface area (Å²) in [6.07, 6.45) is 4.97. The Balaban J connectivity index is 2.18. The van der Waals surface area contributed by atoms with E-state index in [1.54, 1.807) is 6.20 Å². The number of para-hydroxylation sites is 1. The Hall–Kier alpha value is -2.10. The van der Waals surface area contributed by atoms with Gasteiger partial charge in [0.05, 0.1) is 24.7 Å². The summed E-state index contributed by atoms with van der Waals surface area (Å²) in [5, 5.41) is 0. The molecule has 0 spiro atoms. The zero-order valence-corrected chi connectivity index (χ0v) is 9.27. The molecule has 17 heavy (non-hydrogen) atoms. The van der Waals surface area contributed by atoms with Crippen LogP contribution in [0.1, 0.15) is 12.0 Å². The van der Waals surface area contributed by atoms with E-state index >= 15 is 0 Å². The van der Waals surface area contributed by atoms with Crippen LogP contribution in [0.25, 0.3) is 11.3 Å². The molecule has 1 aromatic heterocycles. The van der Waals surface area contributed by atoms with Crippen LogP contribution < -0.4 is 10.3 Å². The Labute approximate surface area is 98.3 Å². The van der Waals surface area contributed by atoms with Crippen molar-refractivity contribution < 1.29 is 4.74 Å². The number of aryl methyl sites for hydroxylation is 1. The highest BCUT2D eigenvalue weighted by Gasteiger charge is 2.15. The molecule has 1 aliphatic heterocycles. The van der Waals surface area contributed by atoms with Gasteiger partial charge in [0.2, 0.25) is 0 Å². The second-order valence-corrected chi connectivity index (χ2v) is 4.06. The van der Waals surface area contributed by atoms with Crippen LogP contribution in [0.2, 0.25) is 0 Å². The van der Waals surface area contributed by atoms with Gasteiger partial charge >= 0.3 is 0 Å². The Morgan fingerprint density at radius 1 is 1.29 bits per heavy atom. The number of benzene rings is 1. The number of aromatic nitrogens is 2. The lowest BCUT2D eigenvalue weighted by Gasteiger charge is -2.19. The van der Waals surface area contributed by atoms with E-state index in [1.165, 1.54) is 11.8 Å². The number of nitrogens with one attached hydrogen (secondary N) is 1. The quantitative estimate of drug-likeness (QED) is 0.809. The highest BCUT2D eigenvalue weighted by Crippen LogP contribution is 2.34. The third-order valence-electron chi connectivity index (χ3n) is 2.88. The molecule has 0 atom stereocenters. The molecule has 0 amide bonds. The number of ether oxygens (including phenoxy) is 1. The SMILES string of the molecule is O=c1cncc(-c2cccc3c2OCCC3)[nH]1. The van der Waals surface area contributed by atoms with Gasteiger partial charge in [-0.1, -0.05) is 12.1 Å². The standard InChI is InChI=1S/C13H12N2O2/c16-12-8-14-7-11(15-12)10-5-1-3-9-4-2-6-17-13(9)10/h1,3,5,7-8H,2,4,6H2,(H,15,16). The van der Waals surface area contributed by atoms with Crippen LogP contribution in [0.4, 0.5) is 0 Å². The van der Waals surface area contributed by atoms with Gasteiger partial charge in [-0.25, -0.2) is 0 Å². The van der Waals surface area contributed by atoms with Gasteiger partial charge in [-0.15, -0.1) is 0 Å². The second kappa shape index (κ2) is 4.05. The minimum absolute atomic E-state index is 0.198. The first kappa shape index (κ1) is 10.1. The van der Waals surface area contributed by atoms with Gasteiger partial charge in [-0.05, 0) is 24.5 Å². The largest absolute Gasteiger partial charge is 0.493 e. The van der Waals surface area contributed by atoms with Crippen molar-refractivity contribution in [3.63, 3.8) is 0 Å². The van der Waals surface area contributed by atoms with Gasteiger partial charge < -0.3 is 9.72 Å². The fraction of sp³-hybridized carbons (Fsp3) is 0.231. The smallest absolute Gasteiger partial charge is 0.266 e. The van der Waals surface area contributed by atoms with Crippen molar-refractivity contribution in [1.29, 1.82) is 0 Å². The number of rotatable bonds is 1. The number of fused-ring (bicyclic) bond motifs is 1. The summed E-state index contributed by atoms with van der Waals surface area (Å²) in [7, 11) is 0. The lowest BCUT2D eigenvalue weighted by molar-refractivity contribution is 0.289. The third kappa shape index (κ3) is 1.82. The third-order valence-corrected chi connectivity index (χ3v) is 2.88. The summed E-state index contributed by atoms with van der Waals surface area (Å²) in [6.45, 7) is 0.731. The van der Waals surface area contributed by atoms with E-state index in [1.807, 2.05) is 12.1 Å². The normalized spacial score (nSPS) is 13.9. The van der Waals surface area contributed by atoms with Gasteiger partial charge in [0.1, 0.15) is 5.75 Å². The Morgan fingerprint density at radius 2 is 2.24 bits per heavy atom. The molecular formula is C13H12N2O2. The number of hydrogen-bond donors (Lipinski definition) is 1. The van der Waals surface area contributed by atoms with Gasteiger partial charge in [-0.3, -0.25) is 9.78 Å².